The molecule has 1 aliphatic rings. The van der Waals surface area contributed by atoms with E-state index in [2.05, 4.69) is 10.5 Å². The molecule has 0 spiro atoms. The van der Waals surface area contributed by atoms with Gasteiger partial charge in [0.1, 0.15) is 18.2 Å². The molecular formula is C19H18N4O5. The summed E-state index contributed by atoms with van der Waals surface area (Å²) in [4.78, 5) is 24.7. The third kappa shape index (κ3) is 4.02. The van der Waals surface area contributed by atoms with Crippen LogP contribution < -0.4 is 20.5 Å². The highest BCUT2D eigenvalue weighted by molar-refractivity contribution is 5.83. The molecular weight excluding hydrogens is 364 g/mol. The van der Waals surface area contributed by atoms with Crippen molar-refractivity contribution in [2.75, 3.05) is 13.9 Å². The highest BCUT2D eigenvalue weighted by atomic mass is 16.7. The summed E-state index contributed by atoms with van der Waals surface area (Å²) in [6, 6.07) is 8.79. The molecule has 1 aromatic heterocycles. The summed E-state index contributed by atoms with van der Waals surface area (Å²) in [6.07, 6.45) is 1.46. The second-order valence-corrected chi connectivity index (χ2v) is 6.03. The molecule has 0 saturated carbocycles. The first-order valence-corrected chi connectivity index (χ1v) is 8.37. The molecule has 0 atom stereocenters. The average Bonchev–Trinajstić information content (AvgIpc) is 3.13. The Hall–Kier alpha value is -3.64. The molecule has 144 valence electrons. The van der Waals surface area contributed by atoms with Crippen molar-refractivity contribution in [2.24, 2.45) is 5.10 Å². The van der Waals surface area contributed by atoms with Crippen molar-refractivity contribution >= 4 is 12.1 Å². The van der Waals surface area contributed by atoms with Crippen molar-refractivity contribution < 1.29 is 19.0 Å². The Kier molecular flexibility index (Phi) is 5.72. The molecule has 0 bridgehead atoms. The predicted octanol–water partition coefficient (Wildman–Crippen LogP) is 1.05. The number of rotatable bonds is 6. The third-order valence-electron chi connectivity index (χ3n) is 4.10. The van der Waals surface area contributed by atoms with E-state index in [1.165, 1.54) is 17.9 Å². The van der Waals surface area contributed by atoms with Crippen LogP contribution in [0.3, 0.4) is 0 Å². The van der Waals surface area contributed by atoms with E-state index in [0.717, 1.165) is 0 Å². The lowest BCUT2D eigenvalue weighted by molar-refractivity contribution is -0.121. The number of aromatic nitrogens is 1. The molecule has 3 rings (SSSR count). The summed E-state index contributed by atoms with van der Waals surface area (Å²) in [5.41, 5.74) is 3.55. The number of hydrogen-bond donors (Lipinski definition) is 1. The second kappa shape index (κ2) is 8.37. The van der Waals surface area contributed by atoms with Crippen molar-refractivity contribution in [1.29, 1.82) is 5.26 Å². The van der Waals surface area contributed by atoms with Gasteiger partial charge in [-0.1, -0.05) is 0 Å². The fraction of sp³-hybridized carbons (Fsp3) is 0.263. The fourth-order valence-corrected chi connectivity index (χ4v) is 2.77. The molecule has 2 aromatic rings. The van der Waals surface area contributed by atoms with Crippen LogP contribution in [0.2, 0.25) is 0 Å². The minimum absolute atomic E-state index is 0.0379. The van der Waals surface area contributed by atoms with Gasteiger partial charge < -0.3 is 18.8 Å². The van der Waals surface area contributed by atoms with Crippen LogP contribution in [0.25, 0.3) is 0 Å². The zero-order valence-electron chi connectivity index (χ0n) is 15.4. The predicted molar refractivity (Wildman–Crippen MR) is 99.2 cm³/mol. The molecule has 1 aliphatic heterocycles. The molecule has 0 unspecified atom stereocenters. The highest BCUT2D eigenvalue weighted by Gasteiger charge is 2.15. The number of hydrogen-bond acceptors (Lipinski definition) is 7. The second-order valence-electron chi connectivity index (χ2n) is 6.03. The van der Waals surface area contributed by atoms with Crippen molar-refractivity contribution in [3.8, 4) is 17.6 Å². The fourth-order valence-electron chi connectivity index (χ4n) is 2.77. The topological polar surface area (TPSA) is 115 Å². The molecule has 1 amide bonds. The number of aryl methyl sites for hydroxylation is 1. The Labute approximate surface area is 160 Å². The van der Waals surface area contributed by atoms with Gasteiger partial charge in [0, 0.05) is 18.4 Å². The van der Waals surface area contributed by atoms with Gasteiger partial charge in [0.05, 0.1) is 12.8 Å². The number of fused-ring (bicyclic) bond motifs is 1. The van der Waals surface area contributed by atoms with E-state index in [0.29, 0.717) is 28.3 Å². The number of amides is 1. The summed E-state index contributed by atoms with van der Waals surface area (Å²) >= 11 is 0. The highest BCUT2D eigenvalue weighted by Crippen LogP contribution is 2.31. The Balaban J connectivity index is 1.70. The largest absolute Gasteiger partial charge is 0.454 e. The maximum atomic E-state index is 12.5. The van der Waals surface area contributed by atoms with Gasteiger partial charge in [0.25, 0.3) is 11.5 Å². The van der Waals surface area contributed by atoms with Gasteiger partial charge in [-0.2, -0.15) is 10.4 Å². The van der Waals surface area contributed by atoms with Crippen LogP contribution in [-0.4, -0.2) is 30.6 Å². The van der Waals surface area contributed by atoms with Gasteiger partial charge in [-0.05, 0) is 36.8 Å². The van der Waals surface area contributed by atoms with Gasteiger partial charge in [0.2, 0.25) is 6.79 Å². The molecule has 2 heterocycles. The van der Waals surface area contributed by atoms with Crippen LogP contribution in [-0.2, 0) is 22.7 Å². The Morgan fingerprint density at radius 2 is 2.18 bits per heavy atom. The van der Waals surface area contributed by atoms with Crippen molar-refractivity contribution in [2.45, 2.75) is 20.1 Å². The molecule has 1 aromatic carbocycles. The molecule has 9 heteroatoms. The van der Waals surface area contributed by atoms with Gasteiger partial charge in [-0.25, -0.2) is 5.43 Å². The number of benzene rings is 1. The number of carbonyl (C=O) groups excluding carboxylic acids is 1. The van der Waals surface area contributed by atoms with Crippen LogP contribution in [0, 0.1) is 18.3 Å². The number of nitrogens with one attached hydrogen (secondary N) is 1. The Morgan fingerprint density at radius 3 is 2.93 bits per heavy atom. The lowest BCUT2D eigenvalue weighted by Gasteiger charge is -2.12. The van der Waals surface area contributed by atoms with Crippen LogP contribution in [0.15, 0.2) is 34.2 Å². The van der Waals surface area contributed by atoms with Crippen molar-refractivity contribution in [1.82, 2.24) is 9.99 Å². The van der Waals surface area contributed by atoms with Crippen LogP contribution in [0.5, 0.6) is 11.5 Å². The van der Waals surface area contributed by atoms with Crippen molar-refractivity contribution in [3.63, 3.8) is 0 Å². The summed E-state index contributed by atoms with van der Waals surface area (Å²) in [7, 11) is 1.48. The number of methoxy groups -OCH3 is 1. The first kappa shape index (κ1) is 19.1. The van der Waals surface area contributed by atoms with Gasteiger partial charge >= 0.3 is 0 Å². The normalized spacial score (nSPS) is 12.2. The lowest BCUT2D eigenvalue weighted by atomic mass is 10.1. The van der Waals surface area contributed by atoms with E-state index in [-0.39, 0.29) is 25.5 Å². The number of hydrazone groups is 1. The zero-order chi connectivity index (χ0) is 20.1. The number of nitrogens with zero attached hydrogens (tertiary/aromatic N) is 3. The van der Waals surface area contributed by atoms with Gasteiger partial charge in [-0.15, -0.1) is 0 Å². The molecule has 28 heavy (non-hydrogen) atoms. The monoisotopic (exact) mass is 382 g/mol. The lowest BCUT2D eigenvalue weighted by Crippen LogP contribution is -2.33. The van der Waals surface area contributed by atoms with Crippen LogP contribution >= 0.6 is 0 Å². The average molecular weight is 382 g/mol. The third-order valence-corrected chi connectivity index (χ3v) is 4.10. The maximum Gasteiger partial charge on any atom is 0.269 e. The molecule has 1 N–H and O–H groups in total. The standard InChI is InChI=1S/C19H18N4O5/c1-12-5-14(10-26-2)15(7-20)19(25)23(12)9-18(24)22-21-8-13-3-4-16-17(6-13)28-11-27-16/h3-6,8H,9-11H2,1-2H3,(H,22,24)/b21-8-. The molecule has 9 nitrogen and oxygen atoms in total. The quantitative estimate of drug-likeness (QED) is 0.590. The van der Waals surface area contributed by atoms with E-state index >= 15 is 0 Å². The number of pyridine rings is 1. The summed E-state index contributed by atoms with van der Waals surface area (Å²) in [5, 5.41) is 13.1. The number of ether oxygens (including phenoxy) is 3. The number of nitriles is 1. The SMILES string of the molecule is COCc1cc(C)n(CC(=O)N/N=C\c2ccc3c(c2)OCO3)c(=O)c1C#N. The van der Waals surface area contributed by atoms with Gasteiger partial charge in [0.15, 0.2) is 11.5 Å². The van der Waals surface area contributed by atoms with Crippen LogP contribution in [0.1, 0.15) is 22.4 Å². The van der Waals surface area contributed by atoms with Crippen molar-refractivity contribution in [3.05, 3.63) is 57.0 Å². The van der Waals surface area contributed by atoms with E-state index in [1.54, 1.807) is 31.2 Å². The van der Waals surface area contributed by atoms with Gasteiger partial charge in [-0.3, -0.25) is 9.59 Å². The molecule has 0 fully saturated rings. The first-order chi connectivity index (χ1) is 13.5. The summed E-state index contributed by atoms with van der Waals surface area (Å²) in [5.74, 6) is 0.768. The number of carbonyl (C=O) groups is 1. The summed E-state index contributed by atoms with van der Waals surface area (Å²) in [6.45, 7) is 1.75. The minimum Gasteiger partial charge on any atom is -0.454 e. The first-order valence-electron chi connectivity index (χ1n) is 8.37. The molecule has 0 radical (unpaired) electrons. The van der Waals surface area contributed by atoms with E-state index in [9.17, 15) is 14.9 Å². The van der Waals surface area contributed by atoms with E-state index in [4.69, 9.17) is 14.2 Å². The smallest absolute Gasteiger partial charge is 0.269 e. The van der Waals surface area contributed by atoms with E-state index in [1.807, 2.05) is 6.07 Å². The van der Waals surface area contributed by atoms with Crippen LogP contribution in [0.4, 0.5) is 0 Å². The summed E-state index contributed by atoms with van der Waals surface area (Å²) < 4.78 is 16.7. The minimum atomic E-state index is -0.538. The maximum absolute atomic E-state index is 12.5. The Morgan fingerprint density at radius 1 is 1.39 bits per heavy atom. The molecule has 0 aliphatic carbocycles. The Bertz CT molecular complexity index is 1040. The molecule has 0 saturated heterocycles. The zero-order valence-corrected chi connectivity index (χ0v) is 15.4. The van der Waals surface area contributed by atoms with E-state index < -0.39 is 11.5 Å².